The summed E-state index contributed by atoms with van der Waals surface area (Å²) in [4.78, 5) is 0. The van der Waals surface area contributed by atoms with Crippen LogP contribution in [0.2, 0.25) is 11.1 Å². The molecule has 6 heteroatoms. The molecular weight excluding hydrogens is 202 g/mol. The molecule has 4 nitrogen and oxygen atoms in total. The topological polar surface area (TPSA) is 64.6 Å². The van der Waals surface area contributed by atoms with Crippen molar-refractivity contribution >= 4 is 31.1 Å². The van der Waals surface area contributed by atoms with Crippen LogP contribution in [0, 0.1) is 0 Å². The summed E-state index contributed by atoms with van der Waals surface area (Å²) in [6.45, 7) is 2.07. The van der Waals surface area contributed by atoms with Gasteiger partial charge in [0.1, 0.15) is 0 Å². The van der Waals surface area contributed by atoms with Crippen LogP contribution in [0.15, 0.2) is 0 Å². The molecule has 0 radical (unpaired) electrons. The van der Waals surface area contributed by atoms with Crippen molar-refractivity contribution in [1.29, 1.82) is 0 Å². The fraction of sp³-hybridized carbons (Fsp3) is 1.00. The average molecular weight is 222 g/mol. The SMILES string of the molecule is C[CH2][Al]([O]C)[O]C.C[O-].C[O-].[CH3][Al+2]. The quantitative estimate of drug-likeness (QED) is 0.571. The van der Waals surface area contributed by atoms with Gasteiger partial charge >= 0.3 is 36.9 Å². The summed E-state index contributed by atoms with van der Waals surface area (Å²) in [6.07, 6.45) is 0. The van der Waals surface area contributed by atoms with Crippen LogP contribution >= 0.6 is 0 Å². The third kappa shape index (κ3) is 32.2. The van der Waals surface area contributed by atoms with Gasteiger partial charge in [-0.1, -0.05) is 6.92 Å². The molecule has 0 unspecified atom stereocenters. The second-order valence-electron chi connectivity index (χ2n) is 1.31. The molecule has 0 rings (SSSR count). The van der Waals surface area contributed by atoms with E-state index in [-0.39, 0.29) is 0 Å². The van der Waals surface area contributed by atoms with E-state index in [4.69, 9.17) is 17.8 Å². The van der Waals surface area contributed by atoms with Gasteiger partial charge in [0.25, 0.3) is 0 Å². The number of hydrogen-bond acceptors (Lipinski definition) is 4. The standard InChI is InChI=1S/C2H5.4CH3O.CH3.2Al/c5*1-2;;;/h1H2,2H3;4*1H3;1H3;;/q;4*-1;;2*+2. The van der Waals surface area contributed by atoms with E-state index in [1.807, 2.05) is 5.79 Å². The van der Waals surface area contributed by atoms with Crippen LogP contribution in [-0.4, -0.2) is 59.5 Å². The zero-order chi connectivity index (χ0) is 11.7. The van der Waals surface area contributed by atoms with Gasteiger partial charge in [0.15, 0.2) is 0 Å². The van der Waals surface area contributed by atoms with E-state index < -0.39 is 14.8 Å². The fourth-order valence-electron chi connectivity index (χ4n) is 0.430. The molecule has 0 saturated heterocycles. The molecule has 0 aromatic carbocycles. The van der Waals surface area contributed by atoms with Crippen molar-refractivity contribution in [3.63, 3.8) is 0 Å². The Morgan fingerprint density at radius 1 is 1.00 bits per heavy atom. The van der Waals surface area contributed by atoms with Crippen molar-refractivity contribution in [2.75, 3.05) is 28.4 Å². The molecule has 0 spiro atoms. The van der Waals surface area contributed by atoms with E-state index in [1.165, 1.54) is 0 Å². The van der Waals surface area contributed by atoms with Crippen molar-refractivity contribution in [2.24, 2.45) is 0 Å². The zero-order valence-electron chi connectivity index (χ0n) is 9.49. The van der Waals surface area contributed by atoms with Gasteiger partial charge in [0, 0.05) is 14.2 Å². The summed E-state index contributed by atoms with van der Waals surface area (Å²) >= 11 is 1.25. The minimum absolute atomic E-state index is 0.750. The first kappa shape index (κ1) is 23.6. The molecule has 0 fully saturated rings. The Morgan fingerprint density at radius 2 is 1.23 bits per heavy atom. The van der Waals surface area contributed by atoms with Gasteiger partial charge in [-0.3, -0.25) is 0 Å². The molecule has 0 heterocycles. The van der Waals surface area contributed by atoms with Crippen molar-refractivity contribution in [2.45, 2.75) is 18.0 Å². The molecule has 0 aliphatic heterocycles. The van der Waals surface area contributed by atoms with Gasteiger partial charge in [0.05, 0.1) is 0 Å². The fourth-order valence-corrected chi connectivity index (χ4v) is 1.29. The third-order valence-electron chi connectivity index (χ3n) is 0.859. The van der Waals surface area contributed by atoms with Crippen LogP contribution in [0.5, 0.6) is 0 Å². The first-order chi connectivity index (χ1) is 6.35. The molecule has 0 atom stereocenters. The van der Waals surface area contributed by atoms with Gasteiger partial charge in [-0.2, -0.15) is 14.2 Å². The van der Waals surface area contributed by atoms with Crippen molar-refractivity contribution in [3.05, 3.63) is 0 Å². The molecule has 0 aromatic rings. The van der Waals surface area contributed by atoms with E-state index in [0.717, 1.165) is 19.5 Å². The van der Waals surface area contributed by atoms with Crippen molar-refractivity contribution in [3.8, 4) is 0 Å². The second kappa shape index (κ2) is 38.4. The van der Waals surface area contributed by atoms with E-state index in [2.05, 4.69) is 23.2 Å². The predicted molar refractivity (Wildman–Crippen MR) is 53.7 cm³/mol. The molecule has 0 aliphatic rings. The summed E-state index contributed by atoms with van der Waals surface area (Å²) in [6, 6.07) is 0. The van der Waals surface area contributed by atoms with Crippen LogP contribution in [0.1, 0.15) is 6.92 Å². The Bertz CT molecular complexity index is 40.0. The van der Waals surface area contributed by atoms with Crippen LogP contribution < -0.4 is 10.2 Å². The molecule has 13 heavy (non-hydrogen) atoms. The summed E-state index contributed by atoms with van der Waals surface area (Å²) in [5, 5.41) is 17.5. The summed E-state index contributed by atoms with van der Waals surface area (Å²) in [5.74, 6) is 1.92. The van der Waals surface area contributed by atoms with Gasteiger partial charge in [-0.25, -0.2) is 0 Å². The maximum absolute atomic E-state index is 8.25. The summed E-state index contributed by atoms with van der Waals surface area (Å²) in [5.41, 5.74) is 0. The van der Waals surface area contributed by atoms with Crippen molar-refractivity contribution < 1.29 is 17.8 Å². The van der Waals surface area contributed by atoms with E-state index in [1.54, 1.807) is 14.2 Å². The molecule has 0 N–H and O–H groups in total. The van der Waals surface area contributed by atoms with E-state index >= 15 is 0 Å². The molecule has 0 saturated carbocycles. The Balaban J connectivity index is -0.0000000573. The molecule has 0 bridgehead atoms. The monoisotopic (exact) mass is 222 g/mol. The summed E-state index contributed by atoms with van der Waals surface area (Å²) in [7, 11) is 4.90. The van der Waals surface area contributed by atoms with Crippen molar-refractivity contribution in [1.82, 2.24) is 0 Å². The maximum atomic E-state index is 8.25. The van der Waals surface area contributed by atoms with E-state index in [9.17, 15) is 0 Å². The Labute approximate surface area is 95.3 Å². The van der Waals surface area contributed by atoms with Crippen LogP contribution in [0.4, 0.5) is 0 Å². The van der Waals surface area contributed by atoms with Crippen LogP contribution in [0.3, 0.4) is 0 Å². The van der Waals surface area contributed by atoms with Crippen LogP contribution in [0.25, 0.3) is 0 Å². The number of hydrogen-bond donors (Lipinski definition) is 0. The van der Waals surface area contributed by atoms with Crippen LogP contribution in [-0.2, 0) is 7.58 Å². The molecule has 0 aliphatic carbocycles. The minimum atomic E-state index is -1.17. The van der Waals surface area contributed by atoms with Gasteiger partial charge in [-0.05, 0) is 5.28 Å². The average Bonchev–Trinajstić information content (AvgIpc) is 2.29. The van der Waals surface area contributed by atoms with E-state index in [0.29, 0.717) is 0 Å². The Hall–Kier alpha value is 0.905. The molecule has 0 aromatic heterocycles. The molecule has 0 amide bonds. The predicted octanol–water partition coefficient (Wildman–Crippen LogP) is -1.06. The number of rotatable bonds is 3. The first-order valence-corrected chi connectivity index (χ1v) is 6.71. The van der Waals surface area contributed by atoms with Gasteiger partial charge < -0.3 is 17.8 Å². The Kier molecular flexibility index (Phi) is 69.7. The Morgan fingerprint density at radius 3 is 1.23 bits per heavy atom. The molecular formula is C7H20Al2O4. The summed E-state index contributed by atoms with van der Waals surface area (Å²) < 4.78 is 9.93. The van der Waals surface area contributed by atoms with Gasteiger partial charge in [-0.15, -0.1) is 0 Å². The second-order valence-corrected chi connectivity index (χ2v) is 3.93. The normalized spacial score (nSPS) is 6.31. The first-order valence-electron chi connectivity index (χ1n) is 3.80. The molecule has 78 valence electrons. The zero-order valence-corrected chi connectivity index (χ0v) is 11.8. The third-order valence-corrected chi connectivity index (χ3v) is 2.58. The van der Waals surface area contributed by atoms with Gasteiger partial charge in [0.2, 0.25) is 0 Å².